The van der Waals surface area contributed by atoms with E-state index in [1.807, 2.05) is 0 Å². The number of nitrogens with zero attached hydrogens (tertiary/aromatic N) is 2. The van der Waals surface area contributed by atoms with Crippen LogP contribution < -0.4 is 4.90 Å². The first-order chi connectivity index (χ1) is 9.40. The molecular weight excluding hydrogens is 270 g/mol. The van der Waals surface area contributed by atoms with Gasteiger partial charge < -0.3 is 20.0 Å². The van der Waals surface area contributed by atoms with Gasteiger partial charge in [-0.15, -0.1) is 0 Å². The molecule has 20 heavy (non-hydrogen) atoms. The van der Waals surface area contributed by atoms with Crippen LogP contribution in [0.4, 0.5) is 19.3 Å². The lowest BCUT2D eigenvalue weighted by Gasteiger charge is -2.35. The molecule has 1 amide bonds. The molecule has 0 aliphatic carbocycles. The topological polar surface area (TPSA) is 64.0 Å². The lowest BCUT2D eigenvalue weighted by Crippen LogP contribution is -2.48. The molecule has 2 rings (SSSR count). The first-order valence-corrected chi connectivity index (χ1v) is 6.30. The molecule has 0 spiro atoms. The highest BCUT2D eigenvalue weighted by Crippen LogP contribution is 2.28. The van der Waals surface area contributed by atoms with Gasteiger partial charge in [-0.05, 0) is 24.6 Å². The van der Waals surface area contributed by atoms with Crippen LogP contribution in [-0.2, 0) is 0 Å². The van der Waals surface area contributed by atoms with E-state index in [4.69, 9.17) is 5.11 Å². The molecule has 1 aromatic rings. The number of piperazine rings is 1. The molecule has 0 saturated carbocycles. The van der Waals surface area contributed by atoms with Gasteiger partial charge in [-0.25, -0.2) is 13.6 Å². The highest BCUT2D eigenvalue weighted by molar-refractivity contribution is 5.65. The van der Waals surface area contributed by atoms with E-state index in [9.17, 15) is 18.7 Å². The van der Waals surface area contributed by atoms with E-state index in [1.54, 1.807) is 0 Å². The second-order valence-corrected chi connectivity index (χ2v) is 4.77. The summed E-state index contributed by atoms with van der Waals surface area (Å²) in [6.45, 7) is 2.29. The maximum atomic E-state index is 14.0. The molecule has 0 bridgehead atoms. The molecular formula is C13H16F2N2O3. The van der Waals surface area contributed by atoms with E-state index in [1.165, 1.54) is 16.7 Å². The third-order valence-electron chi connectivity index (χ3n) is 3.39. The predicted molar refractivity (Wildman–Crippen MR) is 68.8 cm³/mol. The summed E-state index contributed by atoms with van der Waals surface area (Å²) in [4.78, 5) is 13.5. The SMILES string of the molecule is CC(O)c1cc(F)c(N2CCN(C(=O)O)CC2)c(F)c1. The third-order valence-corrected chi connectivity index (χ3v) is 3.39. The summed E-state index contributed by atoms with van der Waals surface area (Å²) >= 11 is 0. The van der Waals surface area contributed by atoms with Gasteiger partial charge in [0.2, 0.25) is 0 Å². The average Bonchev–Trinajstić information content (AvgIpc) is 2.38. The van der Waals surface area contributed by atoms with Gasteiger partial charge in [0.05, 0.1) is 6.10 Å². The smallest absolute Gasteiger partial charge is 0.407 e. The number of amides is 1. The highest BCUT2D eigenvalue weighted by Gasteiger charge is 2.25. The van der Waals surface area contributed by atoms with Crippen LogP contribution in [0.3, 0.4) is 0 Å². The molecule has 1 heterocycles. The van der Waals surface area contributed by atoms with Gasteiger partial charge in [0.25, 0.3) is 0 Å². The van der Waals surface area contributed by atoms with E-state index in [0.29, 0.717) is 0 Å². The Labute approximate surface area is 115 Å². The second-order valence-electron chi connectivity index (χ2n) is 4.77. The molecule has 7 heteroatoms. The molecule has 1 aliphatic heterocycles. The number of carbonyl (C=O) groups is 1. The summed E-state index contributed by atoms with van der Waals surface area (Å²) in [5, 5.41) is 18.2. The molecule has 2 N–H and O–H groups in total. The number of benzene rings is 1. The number of anilines is 1. The van der Waals surface area contributed by atoms with Gasteiger partial charge in [-0.2, -0.15) is 0 Å². The Balaban J connectivity index is 2.20. The first kappa shape index (κ1) is 14.5. The zero-order chi connectivity index (χ0) is 14.9. The Morgan fingerprint density at radius 2 is 1.70 bits per heavy atom. The van der Waals surface area contributed by atoms with Crippen LogP contribution in [0.5, 0.6) is 0 Å². The lowest BCUT2D eigenvalue weighted by molar-refractivity contribution is 0.142. The van der Waals surface area contributed by atoms with E-state index < -0.39 is 23.8 Å². The van der Waals surface area contributed by atoms with Gasteiger partial charge >= 0.3 is 6.09 Å². The predicted octanol–water partition coefficient (Wildman–Crippen LogP) is 1.82. The van der Waals surface area contributed by atoms with Crippen LogP contribution in [0.1, 0.15) is 18.6 Å². The van der Waals surface area contributed by atoms with Crippen molar-refractivity contribution in [3.8, 4) is 0 Å². The number of carboxylic acid groups (broad SMARTS) is 1. The van der Waals surface area contributed by atoms with Crippen molar-refractivity contribution < 1.29 is 23.8 Å². The molecule has 1 fully saturated rings. The van der Waals surface area contributed by atoms with Crippen molar-refractivity contribution in [2.45, 2.75) is 13.0 Å². The van der Waals surface area contributed by atoms with Gasteiger partial charge in [0.1, 0.15) is 17.3 Å². The van der Waals surface area contributed by atoms with Gasteiger partial charge in [-0.1, -0.05) is 0 Å². The minimum atomic E-state index is -1.03. The van der Waals surface area contributed by atoms with E-state index in [2.05, 4.69) is 0 Å². The Hall–Kier alpha value is -1.89. The van der Waals surface area contributed by atoms with Crippen molar-refractivity contribution in [2.24, 2.45) is 0 Å². The van der Waals surface area contributed by atoms with Crippen molar-refractivity contribution in [3.05, 3.63) is 29.3 Å². The normalized spacial score (nSPS) is 17.2. The van der Waals surface area contributed by atoms with Gasteiger partial charge in [-0.3, -0.25) is 0 Å². The summed E-state index contributed by atoms with van der Waals surface area (Å²) in [7, 11) is 0. The number of aliphatic hydroxyl groups excluding tert-OH is 1. The summed E-state index contributed by atoms with van der Waals surface area (Å²) in [6, 6.07) is 2.21. The molecule has 1 atom stereocenters. The third kappa shape index (κ3) is 2.82. The number of aliphatic hydroxyl groups is 1. The van der Waals surface area contributed by atoms with Crippen molar-refractivity contribution >= 4 is 11.8 Å². The number of rotatable bonds is 2. The van der Waals surface area contributed by atoms with Crippen molar-refractivity contribution in [2.75, 3.05) is 31.1 Å². The molecule has 1 aromatic carbocycles. The minimum Gasteiger partial charge on any atom is -0.465 e. The standard InChI is InChI=1S/C13H16F2N2O3/c1-8(18)9-6-10(14)12(11(15)7-9)16-2-4-17(5-3-16)13(19)20/h6-8,18H,2-5H2,1H3,(H,19,20). The molecule has 110 valence electrons. The summed E-state index contributed by atoms with van der Waals surface area (Å²) in [5.41, 5.74) is 0.00682. The van der Waals surface area contributed by atoms with Crippen molar-refractivity contribution in [1.82, 2.24) is 4.90 Å². The fraction of sp³-hybridized carbons (Fsp3) is 0.462. The van der Waals surface area contributed by atoms with Crippen LogP contribution in [0.15, 0.2) is 12.1 Å². The molecule has 0 radical (unpaired) electrons. The van der Waals surface area contributed by atoms with Crippen LogP contribution in [0.25, 0.3) is 0 Å². The number of hydrogen-bond acceptors (Lipinski definition) is 3. The summed E-state index contributed by atoms with van der Waals surface area (Å²) in [6.07, 6.45) is -1.98. The maximum absolute atomic E-state index is 14.0. The molecule has 0 aromatic heterocycles. The fourth-order valence-electron chi connectivity index (χ4n) is 2.25. The van der Waals surface area contributed by atoms with Crippen LogP contribution in [0.2, 0.25) is 0 Å². The summed E-state index contributed by atoms with van der Waals surface area (Å²) in [5.74, 6) is -1.49. The number of halogens is 2. The minimum absolute atomic E-state index is 0.167. The Bertz CT molecular complexity index is 491. The average molecular weight is 286 g/mol. The Kier molecular flexibility index (Phi) is 4.08. The van der Waals surface area contributed by atoms with E-state index in [-0.39, 0.29) is 37.4 Å². The molecule has 5 nitrogen and oxygen atoms in total. The monoisotopic (exact) mass is 286 g/mol. The van der Waals surface area contributed by atoms with Crippen molar-refractivity contribution in [1.29, 1.82) is 0 Å². The van der Waals surface area contributed by atoms with Crippen molar-refractivity contribution in [3.63, 3.8) is 0 Å². The van der Waals surface area contributed by atoms with Crippen LogP contribution in [0, 0.1) is 11.6 Å². The van der Waals surface area contributed by atoms with E-state index >= 15 is 0 Å². The Morgan fingerprint density at radius 3 is 2.10 bits per heavy atom. The quantitative estimate of drug-likeness (QED) is 0.870. The first-order valence-electron chi connectivity index (χ1n) is 6.30. The molecule has 1 aliphatic rings. The fourth-order valence-corrected chi connectivity index (χ4v) is 2.25. The van der Waals surface area contributed by atoms with Crippen LogP contribution in [-0.4, -0.2) is 47.4 Å². The largest absolute Gasteiger partial charge is 0.465 e. The maximum Gasteiger partial charge on any atom is 0.407 e. The Morgan fingerprint density at radius 1 is 1.20 bits per heavy atom. The highest BCUT2D eigenvalue weighted by atomic mass is 19.1. The zero-order valence-electron chi connectivity index (χ0n) is 11.0. The van der Waals surface area contributed by atoms with Gasteiger partial charge in [0, 0.05) is 26.2 Å². The second kappa shape index (κ2) is 5.62. The summed E-state index contributed by atoms with van der Waals surface area (Å²) < 4.78 is 28.0. The molecule has 1 saturated heterocycles. The number of hydrogen-bond donors (Lipinski definition) is 2. The molecule has 1 unspecified atom stereocenters. The van der Waals surface area contributed by atoms with E-state index in [0.717, 1.165) is 12.1 Å². The van der Waals surface area contributed by atoms with Gasteiger partial charge in [0.15, 0.2) is 0 Å². The van der Waals surface area contributed by atoms with Crippen LogP contribution >= 0.6 is 0 Å². The zero-order valence-corrected chi connectivity index (χ0v) is 11.0. The lowest BCUT2D eigenvalue weighted by atomic mass is 10.1.